The van der Waals surface area contributed by atoms with Crippen LogP contribution in [-0.2, 0) is 0 Å². The summed E-state index contributed by atoms with van der Waals surface area (Å²) in [5.41, 5.74) is 6.62. The minimum atomic E-state index is 0.462. The summed E-state index contributed by atoms with van der Waals surface area (Å²) in [6, 6.07) is 6.43. The summed E-state index contributed by atoms with van der Waals surface area (Å²) in [6.45, 7) is 14.4. The SMILES string of the molecule is C=CN(/N=C\C)c1ccc(-c2nc3c(C)cn(C(CCC)CCCC)c3nc2C)c(OC)c1. The van der Waals surface area contributed by atoms with Crippen molar-refractivity contribution in [3.63, 3.8) is 0 Å². The Morgan fingerprint density at radius 3 is 2.61 bits per heavy atom. The second kappa shape index (κ2) is 11.1. The fourth-order valence-electron chi connectivity index (χ4n) is 4.37. The van der Waals surface area contributed by atoms with E-state index >= 15 is 0 Å². The molecule has 0 radical (unpaired) electrons. The summed E-state index contributed by atoms with van der Waals surface area (Å²) >= 11 is 0. The molecule has 2 heterocycles. The smallest absolute Gasteiger partial charge is 0.159 e. The summed E-state index contributed by atoms with van der Waals surface area (Å²) < 4.78 is 8.10. The average molecular weight is 448 g/mol. The lowest BCUT2D eigenvalue weighted by Gasteiger charge is -2.19. The lowest BCUT2D eigenvalue weighted by Crippen LogP contribution is -2.09. The van der Waals surface area contributed by atoms with E-state index in [4.69, 9.17) is 14.7 Å². The molecule has 6 nitrogen and oxygen atoms in total. The molecule has 176 valence electrons. The van der Waals surface area contributed by atoms with Crippen LogP contribution in [0.15, 0.2) is 42.3 Å². The Morgan fingerprint density at radius 1 is 1.18 bits per heavy atom. The maximum Gasteiger partial charge on any atom is 0.159 e. The number of unbranched alkanes of at least 4 members (excludes halogenated alkanes) is 1. The number of benzene rings is 1. The number of methoxy groups -OCH3 is 1. The van der Waals surface area contributed by atoms with Gasteiger partial charge in [-0.15, -0.1) is 0 Å². The first-order valence-corrected chi connectivity index (χ1v) is 11.9. The summed E-state index contributed by atoms with van der Waals surface area (Å²) in [5.74, 6) is 0.728. The van der Waals surface area contributed by atoms with Crippen molar-refractivity contribution in [3.05, 3.63) is 48.4 Å². The number of fused-ring (bicyclic) bond motifs is 1. The Bertz CT molecular complexity index is 1130. The second-order valence-electron chi connectivity index (χ2n) is 8.42. The minimum Gasteiger partial charge on any atom is -0.496 e. The minimum absolute atomic E-state index is 0.462. The van der Waals surface area contributed by atoms with Gasteiger partial charge in [0.1, 0.15) is 11.3 Å². The van der Waals surface area contributed by atoms with Crippen molar-refractivity contribution in [2.45, 2.75) is 72.8 Å². The molecule has 3 aromatic rings. The van der Waals surface area contributed by atoms with Gasteiger partial charge in [-0.3, -0.25) is 0 Å². The van der Waals surface area contributed by atoms with E-state index in [1.54, 1.807) is 24.5 Å². The van der Waals surface area contributed by atoms with Crippen LogP contribution < -0.4 is 9.75 Å². The summed E-state index contributed by atoms with van der Waals surface area (Å²) in [4.78, 5) is 10.2. The summed E-state index contributed by atoms with van der Waals surface area (Å²) in [6.07, 6.45) is 11.5. The molecule has 1 unspecified atom stereocenters. The number of aryl methyl sites for hydroxylation is 2. The molecule has 2 aromatic heterocycles. The Balaban J connectivity index is 2.11. The quantitative estimate of drug-likeness (QED) is 0.230. The molecule has 0 aliphatic rings. The van der Waals surface area contributed by atoms with Gasteiger partial charge in [-0.05, 0) is 51.3 Å². The third kappa shape index (κ3) is 5.10. The normalized spacial score (nSPS) is 12.4. The Kier molecular flexibility index (Phi) is 8.26. The van der Waals surface area contributed by atoms with Gasteiger partial charge in [0.15, 0.2) is 5.65 Å². The molecule has 0 N–H and O–H groups in total. The maximum atomic E-state index is 5.74. The van der Waals surface area contributed by atoms with Crippen molar-refractivity contribution in [3.8, 4) is 17.0 Å². The Morgan fingerprint density at radius 2 is 1.97 bits per heavy atom. The standard InChI is InChI=1S/C27H37N5O/c1-8-12-14-21(13-9-2)31-18-19(5)25-27(31)29-20(6)26(30-25)23-16-15-22(17-24(23)33-7)32(11-4)28-10-3/h10-11,15-18,21H,4,8-9,12-14H2,1-3,5-7H3/b28-10-. The van der Waals surface area contributed by atoms with E-state index < -0.39 is 0 Å². The molecular weight excluding hydrogens is 410 g/mol. The summed E-state index contributed by atoms with van der Waals surface area (Å²) in [7, 11) is 1.68. The van der Waals surface area contributed by atoms with Crippen LogP contribution in [0.2, 0.25) is 0 Å². The van der Waals surface area contributed by atoms with Crippen LogP contribution in [0.25, 0.3) is 22.4 Å². The molecule has 1 atom stereocenters. The molecule has 0 bridgehead atoms. The second-order valence-corrected chi connectivity index (χ2v) is 8.42. The molecule has 0 saturated carbocycles. The first kappa shape index (κ1) is 24.5. The number of hydrogen-bond acceptors (Lipinski definition) is 5. The molecule has 0 spiro atoms. The zero-order chi connectivity index (χ0) is 24.0. The Labute approximate surface area is 198 Å². The first-order chi connectivity index (χ1) is 16.0. The maximum absolute atomic E-state index is 5.74. The molecule has 0 aliphatic carbocycles. The third-order valence-corrected chi connectivity index (χ3v) is 6.03. The summed E-state index contributed by atoms with van der Waals surface area (Å²) in [5, 5.41) is 6.03. The fraction of sp³-hybridized carbons (Fsp3) is 0.444. The molecule has 0 aliphatic heterocycles. The van der Waals surface area contributed by atoms with Crippen molar-refractivity contribution < 1.29 is 4.74 Å². The van der Waals surface area contributed by atoms with Crippen LogP contribution in [0.5, 0.6) is 5.75 Å². The number of rotatable bonds is 11. The Hall–Kier alpha value is -3.15. The average Bonchev–Trinajstić information content (AvgIpc) is 3.14. The van der Waals surface area contributed by atoms with Gasteiger partial charge in [0.25, 0.3) is 0 Å². The van der Waals surface area contributed by atoms with Crippen LogP contribution in [0, 0.1) is 13.8 Å². The van der Waals surface area contributed by atoms with Gasteiger partial charge < -0.3 is 9.30 Å². The lowest BCUT2D eigenvalue weighted by molar-refractivity contribution is 0.416. The zero-order valence-corrected chi connectivity index (χ0v) is 20.9. The van der Waals surface area contributed by atoms with E-state index in [9.17, 15) is 0 Å². The third-order valence-electron chi connectivity index (χ3n) is 6.03. The number of hydrazone groups is 1. The van der Waals surface area contributed by atoms with Gasteiger partial charge >= 0.3 is 0 Å². The predicted molar refractivity (Wildman–Crippen MR) is 139 cm³/mol. The molecule has 6 heteroatoms. The number of anilines is 1. The first-order valence-electron chi connectivity index (χ1n) is 11.9. The topological polar surface area (TPSA) is 55.5 Å². The molecule has 3 rings (SSSR count). The monoisotopic (exact) mass is 447 g/mol. The fourth-order valence-corrected chi connectivity index (χ4v) is 4.37. The van der Waals surface area contributed by atoms with Crippen LogP contribution in [-0.4, -0.2) is 27.9 Å². The van der Waals surface area contributed by atoms with E-state index in [0.717, 1.165) is 58.0 Å². The van der Waals surface area contributed by atoms with Gasteiger partial charge in [0, 0.05) is 36.3 Å². The van der Waals surface area contributed by atoms with Crippen LogP contribution in [0.3, 0.4) is 0 Å². The van der Waals surface area contributed by atoms with Crippen LogP contribution in [0.1, 0.15) is 70.2 Å². The highest BCUT2D eigenvalue weighted by molar-refractivity contribution is 5.82. The number of nitrogens with zero attached hydrogens (tertiary/aromatic N) is 5. The van der Waals surface area contributed by atoms with Crippen LogP contribution in [0.4, 0.5) is 5.69 Å². The number of aromatic nitrogens is 3. The lowest BCUT2D eigenvalue weighted by atomic mass is 10.1. The largest absolute Gasteiger partial charge is 0.496 e. The predicted octanol–water partition coefficient (Wildman–Crippen LogP) is 7.21. The van der Waals surface area contributed by atoms with Crippen molar-refractivity contribution >= 4 is 23.1 Å². The van der Waals surface area contributed by atoms with E-state index in [0.29, 0.717) is 6.04 Å². The highest BCUT2D eigenvalue weighted by Crippen LogP contribution is 2.36. The number of hydrogen-bond donors (Lipinski definition) is 0. The van der Waals surface area contributed by atoms with E-state index in [1.807, 2.05) is 32.0 Å². The van der Waals surface area contributed by atoms with Crippen molar-refractivity contribution in [1.82, 2.24) is 14.5 Å². The van der Waals surface area contributed by atoms with Crippen molar-refractivity contribution in [1.29, 1.82) is 0 Å². The van der Waals surface area contributed by atoms with Gasteiger partial charge in [-0.1, -0.05) is 39.7 Å². The molecule has 0 saturated heterocycles. The highest BCUT2D eigenvalue weighted by Gasteiger charge is 2.20. The number of ether oxygens (including phenoxy) is 1. The molecule has 0 amide bonds. The highest BCUT2D eigenvalue weighted by atomic mass is 16.5. The van der Waals surface area contributed by atoms with Gasteiger partial charge in [-0.2, -0.15) is 5.10 Å². The van der Waals surface area contributed by atoms with Gasteiger partial charge in [-0.25, -0.2) is 15.0 Å². The molecule has 33 heavy (non-hydrogen) atoms. The zero-order valence-electron chi connectivity index (χ0n) is 20.9. The van der Waals surface area contributed by atoms with E-state index in [2.05, 4.69) is 43.2 Å². The van der Waals surface area contributed by atoms with Crippen LogP contribution >= 0.6 is 0 Å². The van der Waals surface area contributed by atoms with Gasteiger partial charge in [0.05, 0.1) is 24.2 Å². The van der Waals surface area contributed by atoms with E-state index in [1.165, 1.54) is 19.3 Å². The van der Waals surface area contributed by atoms with E-state index in [-0.39, 0.29) is 0 Å². The van der Waals surface area contributed by atoms with Gasteiger partial charge in [0.2, 0.25) is 0 Å². The molecule has 0 fully saturated rings. The van der Waals surface area contributed by atoms with Crippen molar-refractivity contribution in [2.24, 2.45) is 5.10 Å². The molecular formula is C27H37N5O. The van der Waals surface area contributed by atoms with Crippen molar-refractivity contribution in [2.75, 3.05) is 12.1 Å². The molecule has 1 aromatic carbocycles.